The molecule has 5 aliphatic rings. The van der Waals surface area contributed by atoms with Gasteiger partial charge < -0.3 is 135 Å². The van der Waals surface area contributed by atoms with E-state index in [0.29, 0.717) is 0 Å². The molecule has 2 amide bonds. The SMILES string of the molecule is CC(=O)N[C@H]1[C@H](O[C@@H]2[C@H](O)[C@@H](O)[C@H](O[C@H]3[C@H](O)[C@@H](O)[C@H](O)O[C@@H]3CO)O[C@@H]2CO)O[C@H](COS(=O)(=O)O)[C@H](O)[C@@H]1O[C@@H]1O[C@H](CO)[C@H](O)[C@H](O[C@]2(C(=O)O)C[C@H](O)[C@@H](NC(C)=O)[C@H]([C@H](O)[C@H](O)CO)O2)[C@H]1O. The molecule has 5 saturated heterocycles. The number of hydrogen-bond donors (Lipinski definition) is 19. The Morgan fingerprint density at radius 1 is 0.625 bits per heavy atom. The van der Waals surface area contributed by atoms with Crippen LogP contribution < -0.4 is 10.6 Å². The summed E-state index contributed by atoms with van der Waals surface area (Å²) in [4.78, 5) is 37.8. The van der Waals surface area contributed by atoms with E-state index < -0.39 is 227 Å². The molecule has 0 saturated carbocycles. The van der Waals surface area contributed by atoms with Crippen molar-refractivity contribution < 1.29 is 156 Å². The molecule has 19 N–H and O–H groups in total. The second-order valence-corrected chi connectivity index (χ2v) is 18.5. The van der Waals surface area contributed by atoms with Crippen molar-refractivity contribution in [2.45, 2.75) is 179 Å². The number of ether oxygens (including phenoxy) is 9. The predicted molar refractivity (Wildman–Crippen MR) is 217 cm³/mol. The molecule has 418 valence electrons. The molecule has 5 fully saturated rings. The summed E-state index contributed by atoms with van der Waals surface area (Å²) in [6.07, 6.45) is -49.8. The number of carbonyl (C=O) groups is 3. The highest BCUT2D eigenvalue weighted by Crippen LogP contribution is 2.39. The fourth-order valence-electron chi connectivity index (χ4n) is 8.68. The molecule has 26 atom stereocenters. The molecule has 0 aliphatic carbocycles. The van der Waals surface area contributed by atoms with Gasteiger partial charge in [-0.25, -0.2) is 8.98 Å². The maximum Gasteiger partial charge on any atom is 0.397 e. The van der Waals surface area contributed by atoms with E-state index in [0.717, 1.165) is 13.8 Å². The molecule has 34 nitrogen and oxygen atoms in total. The molecular formula is C37H62N2O32S. The number of amides is 2. The first-order chi connectivity index (χ1) is 33.6. The van der Waals surface area contributed by atoms with Gasteiger partial charge in [0.2, 0.25) is 11.8 Å². The molecule has 0 aromatic carbocycles. The first-order valence-electron chi connectivity index (χ1n) is 21.9. The zero-order valence-corrected chi connectivity index (χ0v) is 38.6. The van der Waals surface area contributed by atoms with E-state index in [-0.39, 0.29) is 0 Å². The van der Waals surface area contributed by atoms with Crippen molar-refractivity contribution in [1.82, 2.24) is 10.6 Å². The minimum atomic E-state index is -5.35. The molecular weight excluding hydrogens is 1020 g/mol. The Balaban J connectivity index is 1.48. The van der Waals surface area contributed by atoms with Gasteiger partial charge in [0.05, 0.1) is 45.2 Å². The third-order valence-electron chi connectivity index (χ3n) is 12.3. The maximum absolute atomic E-state index is 13.0. The van der Waals surface area contributed by atoms with Crippen LogP contribution in [-0.2, 0) is 71.6 Å². The van der Waals surface area contributed by atoms with Gasteiger partial charge in [-0.15, -0.1) is 0 Å². The monoisotopic (exact) mass is 1080 g/mol. The van der Waals surface area contributed by atoms with Gasteiger partial charge in [0.1, 0.15) is 116 Å². The summed E-state index contributed by atoms with van der Waals surface area (Å²) in [7, 11) is -5.35. The molecule has 72 heavy (non-hydrogen) atoms. The summed E-state index contributed by atoms with van der Waals surface area (Å²) in [6.45, 7) is -3.88. The van der Waals surface area contributed by atoms with E-state index in [1.54, 1.807) is 0 Å². The van der Waals surface area contributed by atoms with Crippen molar-refractivity contribution in [2.24, 2.45) is 0 Å². The fraction of sp³-hybridized carbons (Fsp3) is 0.919. The van der Waals surface area contributed by atoms with Crippen LogP contribution in [0, 0.1) is 0 Å². The average Bonchev–Trinajstić information content (AvgIpc) is 3.31. The normalized spacial score (nSPS) is 44.9. The Morgan fingerprint density at radius 2 is 1.11 bits per heavy atom. The van der Waals surface area contributed by atoms with Gasteiger partial charge in [-0.3, -0.25) is 14.1 Å². The summed E-state index contributed by atoms with van der Waals surface area (Å²) in [6, 6.07) is -3.69. The van der Waals surface area contributed by atoms with Crippen molar-refractivity contribution in [3.05, 3.63) is 0 Å². The Hall–Kier alpha value is -2.68. The Labute approximate surface area is 406 Å². The first-order valence-corrected chi connectivity index (χ1v) is 23.3. The number of rotatable bonds is 20. The van der Waals surface area contributed by atoms with E-state index in [4.69, 9.17) is 42.6 Å². The van der Waals surface area contributed by atoms with Gasteiger partial charge in [-0.2, -0.15) is 8.42 Å². The fourth-order valence-corrected chi connectivity index (χ4v) is 8.99. The minimum Gasteiger partial charge on any atom is -0.477 e. The van der Waals surface area contributed by atoms with Crippen LogP contribution in [0.4, 0.5) is 0 Å². The summed E-state index contributed by atoms with van der Waals surface area (Å²) < 4.78 is 87.6. The van der Waals surface area contributed by atoms with Crippen molar-refractivity contribution >= 4 is 28.2 Å². The summed E-state index contributed by atoms with van der Waals surface area (Å²) in [5.41, 5.74) is 0. The molecule has 0 aromatic rings. The summed E-state index contributed by atoms with van der Waals surface area (Å²) in [5, 5.41) is 175. The van der Waals surface area contributed by atoms with Gasteiger partial charge in [-0.05, 0) is 0 Å². The number of hydrogen-bond acceptors (Lipinski definition) is 30. The number of carbonyl (C=O) groups excluding carboxylic acids is 2. The standard InChI is InChI=1S/C37H62N2O32S/c1-9(44)38-17-11(46)3-37(36(57)58,70-30(17)19(48)12(47)4-40)71-31-20(49)13(5-41)64-35(26(31)55)69-29-18(39-10(2)45)33(66-16(21(29)50)8-62-72(59,60)61)67-28-15(7-43)65-34(25(54)23(28)52)68-27-14(6-42)63-32(56)24(53)22(27)51/h11-35,40-43,46-56H,3-8H2,1-2H3,(H,38,44)(H,39,45)(H,57,58)(H,59,60,61)/t11-,12+,13+,14+,15+,16+,17+,18+,19+,20-,21-,22+,23+,24+,25+,26+,27+,28-,29+,30+,31-,32+,33-,34-,35-,37-/m0/s1. The van der Waals surface area contributed by atoms with Crippen LogP contribution >= 0.6 is 0 Å². The third-order valence-corrected chi connectivity index (χ3v) is 12.7. The van der Waals surface area contributed by atoms with E-state index in [9.17, 15) is 109 Å². The van der Waals surface area contributed by atoms with E-state index in [1.165, 1.54) is 0 Å². The molecule has 5 heterocycles. The Bertz CT molecular complexity index is 1910. The highest BCUT2D eigenvalue weighted by molar-refractivity contribution is 7.80. The molecule has 35 heteroatoms. The van der Waals surface area contributed by atoms with Crippen LogP contribution in [0.25, 0.3) is 0 Å². The topological polar surface area (TPSA) is 546 Å². The molecule has 0 bridgehead atoms. The van der Waals surface area contributed by atoms with Gasteiger partial charge >= 0.3 is 16.4 Å². The largest absolute Gasteiger partial charge is 0.477 e. The van der Waals surface area contributed by atoms with Crippen LogP contribution in [0.15, 0.2) is 0 Å². The molecule has 0 aromatic heterocycles. The zero-order chi connectivity index (χ0) is 53.9. The van der Waals surface area contributed by atoms with E-state index in [1.807, 2.05) is 0 Å². The zero-order valence-electron chi connectivity index (χ0n) is 37.8. The summed E-state index contributed by atoms with van der Waals surface area (Å²) >= 11 is 0. The number of aliphatic carboxylic acids is 1. The number of carboxylic acid groups (broad SMARTS) is 1. The lowest BCUT2D eigenvalue weighted by Gasteiger charge is -2.51. The van der Waals surface area contributed by atoms with Crippen molar-refractivity contribution in [3.8, 4) is 0 Å². The highest BCUT2D eigenvalue weighted by atomic mass is 32.3. The predicted octanol–water partition coefficient (Wildman–Crippen LogP) is -12.6. The molecule has 0 radical (unpaired) electrons. The van der Waals surface area contributed by atoms with Crippen LogP contribution in [0.5, 0.6) is 0 Å². The third kappa shape index (κ3) is 13.5. The molecule has 0 unspecified atom stereocenters. The number of aliphatic hydroxyl groups excluding tert-OH is 15. The second-order valence-electron chi connectivity index (χ2n) is 17.4. The molecule has 5 rings (SSSR count). The quantitative estimate of drug-likeness (QED) is 0.0503. The molecule has 5 aliphatic heterocycles. The second kappa shape index (κ2) is 25.0. The Kier molecular flexibility index (Phi) is 20.9. The molecule has 0 spiro atoms. The van der Waals surface area contributed by atoms with Gasteiger partial charge in [0.15, 0.2) is 25.2 Å². The number of carboxylic acids is 1. The number of aliphatic hydroxyl groups is 15. The van der Waals surface area contributed by atoms with E-state index >= 15 is 0 Å². The lowest BCUT2D eigenvalue weighted by Crippen LogP contribution is -2.71. The Morgan fingerprint density at radius 3 is 1.65 bits per heavy atom. The maximum atomic E-state index is 13.0. The smallest absolute Gasteiger partial charge is 0.397 e. The van der Waals surface area contributed by atoms with Gasteiger partial charge in [0.25, 0.3) is 5.79 Å². The highest BCUT2D eigenvalue weighted by Gasteiger charge is 2.61. The first kappa shape index (κ1) is 60.2. The van der Waals surface area contributed by atoms with Crippen molar-refractivity contribution in [2.75, 3.05) is 33.0 Å². The summed E-state index contributed by atoms with van der Waals surface area (Å²) in [5.74, 6) is -7.23. The van der Waals surface area contributed by atoms with Gasteiger partial charge in [0, 0.05) is 20.3 Å². The minimum absolute atomic E-state index is 0.849. The lowest BCUT2D eigenvalue weighted by atomic mass is 9.88. The number of nitrogens with one attached hydrogen (secondary N) is 2. The van der Waals surface area contributed by atoms with E-state index in [2.05, 4.69) is 14.8 Å². The van der Waals surface area contributed by atoms with Gasteiger partial charge in [-0.1, -0.05) is 0 Å². The van der Waals surface area contributed by atoms with Crippen molar-refractivity contribution in [3.63, 3.8) is 0 Å². The van der Waals surface area contributed by atoms with Crippen molar-refractivity contribution in [1.29, 1.82) is 0 Å². The van der Waals surface area contributed by atoms with Crippen LogP contribution in [0.3, 0.4) is 0 Å². The van der Waals surface area contributed by atoms with Crippen LogP contribution in [0.1, 0.15) is 20.3 Å². The lowest BCUT2D eigenvalue weighted by molar-refractivity contribution is -0.388. The van der Waals surface area contributed by atoms with Crippen LogP contribution in [-0.4, -0.2) is 304 Å². The van der Waals surface area contributed by atoms with Crippen LogP contribution in [0.2, 0.25) is 0 Å². The average molecular weight is 1080 g/mol.